The molecule has 6 heteroatoms. The standard InChI is InChI=1S/C19H18FN3O2/c20-16-4-7-18(8-5-16)25-13-14-2-1-9-23(12-14)19(24)15-3-6-17(10-21)22-11-15/h3-8,11,14H,1-2,9,12-13H2/t14-/m1/s1. The molecule has 3 rings (SSSR count). The first kappa shape index (κ1) is 16.9. The van der Waals surface area contributed by atoms with Crippen molar-refractivity contribution in [1.29, 1.82) is 5.26 Å². The van der Waals surface area contributed by atoms with Gasteiger partial charge in [-0.25, -0.2) is 9.37 Å². The third-order valence-corrected chi connectivity index (χ3v) is 4.23. The Bertz CT molecular complexity index is 769. The van der Waals surface area contributed by atoms with E-state index in [9.17, 15) is 9.18 Å². The summed E-state index contributed by atoms with van der Waals surface area (Å²) in [5.74, 6) is 0.483. The van der Waals surface area contributed by atoms with Crippen molar-refractivity contribution in [2.75, 3.05) is 19.7 Å². The summed E-state index contributed by atoms with van der Waals surface area (Å²) in [5.41, 5.74) is 0.778. The summed E-state index contributed by atoms with van der Waals surface area (Å²) in [6.07, 6.45) is 3.34. The number of carbonyl (C=O) groups is 1. The van der Waals surface area contributed by atoms with Gasteiger partial charge in [0.25, 0.3) is 5.91 Å². The number of likely N-dealkylation sites (tertiary alicyclic amines) is 1. The fourth-order valence-electron chi connectivity index (χ4n) is 2.90. The van der Waals surface area contributed by atoms with E-state index in [2.05, 4.69) is 4.98 Å². The molecule has 1 aromatic carbocycles. The van der Waals surface area contributed by atoms with Gasteiger partial charge in [-0.2, -0.15) is 5.26 Å². The van der Waals surface area contributed by atoms with Gasteiger partial charge in [0.2, 0.25) is 0 Å². The lowest BCUT2D eigenvalue weighted by Gasteiger charge is -2.32. The zero-order valence-corrected chi connectivity index (χ0v) is 13.7. The number of ether oxygens (including phenoxy) is 1. The van der Waals surface area contributed by atoms with Gasteiger partial charge < -0.3 is 9.64 Å². The van der Waals surface area contributed by atoms with Crippen molar-refractivity contribution < 1.29 is 13.9 Å². The predicted molar refractivity (Wildman–Crippen MR) is 89.5 cm³/mol. The second-order valence-electron chi connectivity index (χ2n) is 6.07. The molecule has 0 radical (unpaired) electrons. The molecule has 0 bridgehead atoms. The number of carbonyl (C=O) groups excluding carboxylic acids is 1. The van der Waals surface area contributed by atoms with E-state index < -0.39 is 0 Å². The lowest BCUT2D eigenvalue weighted by atomic mass is 9.98. The van der Waals surface area contributed by atoms with Crippen molar-refractivity contribution in [3.05, 3.63) is 59.7 Å². The summed E-state index contributed by atoms with van der Waals surface area (Å²) in [6.45, 7) is 1.80. The third-order valence-electron chi connectivity index (χ3n) is 4.23. The number of halogens is 1. The summed E-state index contributed by atoms with van der Waals surface area (Å²) >= 11 is 0. The molecule has 1 aliphatic rings. The number of nitrogens with zero attached hydrogens (tertiary/aromatic N) is 3. The van der Waals surface area contributed by atoms with Crippen molar-refractivity contribution in [3.8, 4) is 11.8 Å². The van der Waals surface area contributed by atoms with Gasteiger partial charge in [0.15, 0.2) is 0 Å². The predicted octanol–water partition coefficient (Wildman–Crippen LogP) is 3.02. The Morgan fingerprint density at radius 2 is 2.12 bits per heavy atom. The van der Waals surface area contributed by atoms with E-state index in [0.717, 1.165) is 12.8 Å². The molecule has 2 heterocycles. The zero-order valence-electron chi connectivity index (χ0n) is 13.7. The number of nitriles is 1. The third kappa shape index (κ3) is 4.32. The van der Waals surface area contributed by atoms with Crippen LogP contribution in [0.25, 0.3) is 0 Å². The molecule has 2 aromatic rings. The van der Waals surface area contributed by atoms with Crippen molar-refractivity contribution in [3.63, 3.8) is 0 Å². The average Bonchev–Trinajstić information content (AvgIpc) is 2.67. The highest BCUT2D eigenvalue weighted by Crippen LogP contribution is 2.20. The average molecular weight is 339 g/mol. The molecule has 1 aromatic heterocycles. The number of amides is 1. The minimum Gasteiger partial charge on any atom is -0.493 e. The zero-order chi connectivity index (χ0) is 17.6. The number of pyridine rings is 1. The maximum absolute atomic E-state index is 12.9. The monoisotopic (exact) mass is 339 g/mol. The minimum absolute atomic E-state index is 0.0801. The first-order valence-electron chi connectivity index (χ1n) is 8.19. The van der Waals surface area contributed by atoms with Gasteiger partial charge >= 0.3 is 0 Å². The lowest BCUT2D eigenvalue weighted by Crippen LogP contribution is -2.41. The first-order chi connectivity index (χ1) is 12.2. The first-order valence-corrected chi connectivity index (χ1v) is 8.19. The van der Waals surface area contributed by atoms with Crippen LogP contribution in [-0.2, 0) is 0 Å². The van der Waals surface area contributed by atoms with E-state index in [0.29, 0.717) is 36.7 Å². The van der Waals surface area contributed by atoms with E-state index in [1.807, 2.05) is 6.07 Å². The van der Waals surface area contributed by atoms with Gasteiger partial charge in [-0.15, -0.1) is 0 Å². The maximum Gasteiger partial charge on any atom is 0.255 e. The number of hydrogen-bond donors (Lipinski definition) is 0. The lowest BCUT2D eigenvalue weighted by molar-refractivity contribution is 0.0633. The molecular formula is C19H18FN3O2. The fourth-order valence-corrected chi connectivity index (χ4v) is 2.90. The molecule has 1 amide bonds. The molecule has 25 heavy (non-hydrogen) atoms. The largest absolute Gasteiger partial charge is 0.493 e. The number of aromatic nitrogens is 1. The molecule has 1 saturated heterocycles. The minimum atomic E-state index is -0.294. The van der Waals surface area contributed by atoms with Crippen LogP contribution in [0.4, 0.5) is 4.39 Å². The van der Waals surface area contributed by atoms with Crippen molar-refractivity contribution in [2.45, 2.75) is 12.8 Å². The molecule has 0 unspecified atom stereocenters. The van der Waals surface area contributed by atoms with E-state index in [-0.39, 0.29) is 17.6 Å². The second kappa shape index (κ2) is 7.75. The molecular weight excluding hydrogens is 321 g/mol. The molecule has 128 valence electrons. The van der Waals surface area contributed by atoms with Gasteiger partial charge in [-0.05, 0) is 49.2 Å². The SMILES string of the molecule is N#Cc1ccc(C(=O)N2CCC[C@@H](COc3ccc(F)cc3)C2)cn1. The summed E-state index contributed by atoms with van der Waals surface area (Å²) in [4.78, 5) is 18.3. The molecule has 1 fully saturated rings. The number of benzene rings is 1. The molecule has 1 aliphatic heterocycles. The van der Waals surface area contributed by atoms with Crippen LogP contribution in [0.3, 0.4) is 0 Å². The Hall–Kier alpha value is -2.94. The summed E-state index contributed by atoms with van der Waals surface area (Å²) < 4.78 is 18.6. The maximum atomic E-state index is 12.9. The highest BCUT2D eigenvalue weighted by atomic mass is 19.1. The topological polar surface area (TPSA) is 66.2 Å². The molecule has 0 aliphatic carbocycles. The number of rotatable bonds is 4. The van der Waals surface area contributed by atoms with E-state index in [4.69, 9.17) is 10.00 Å². The summed E-state index contributed by atoms with van der Waals surface area (Å²) in [5, 5.41) is 8.78. The van der Waals surface area contributed by atoms with Crippen LogP contribution in [0.15, 0.2) is 42.6 Å². The van der Waals surface area contributed by atoms with Crippen molar-refractivity contribution >= 4 is 5.91 Å². The van der Waals surface area contributed by atoms with Crippen LogP contribution >= 0.6 is 0 Å². The van der Waals surface area contributed by atoms with Crippen molar-refractivity contribution in [2.24, 2.45) is 5.92 Å². The molecule has 0 spiro atoms. The highest BCUT2D eigenvalue weighted by Gasteiger charge is 2.25. The van der Waals surface area contributed by atoms with Crippen LogP contribution in [-0.4, -0.2) is 35.5 Å². The van der Waals surface area contributed by atoms with Crippen LogP contribution < -0.4 is 4.74 Å². The normalized spacial score (nSPS) is 17.0. The van der Waals surface area contributed by atoms with Gasteiger partial charge in [-0.1, -0.05) is 0 Å². The quantitative estimate of drug-likeness (QED) is 0.859. The summed E-state index contributed by atoms with van der Waals surface area (Å²) in [7, 11) is 0. The van der Waals surface area contributed by atoms with Crippen molar-refractivity contribution in [1.82, 2.24) is 9.88 Å². The Kier molecular flexibility index (Phi) is 5.24. The molecule has 1 atom stereocenters. The van der Waals surface area contributed by atoms with E-state index in [1.165, 1.54) is 18.3 Å². The molecule has 0 N–H and O–H groups in total. The van der Waals surface area contributed by atoms with Crippen LogP contribution in [0.1, 0.15) is 28.9 Å². The second-order valence-corrected chi connectivity index (χ2v) is 6.07. The Balaban J connectivity index is 1.57. The molecule has 0 saturated carbocycles. The van der Waals surface area contributed by atoms with Gasteiger partial charge in [-0.3, -0.25) is 4.79 Å². The van der Waals surface area contributed by atoms with E-state index in [1.54, 1.807) is 29.2 Å². The smallest absolute Gasteiger partial charge is 0.255 e. The number of hydrogen-bond acceptors (Lipinski definition) is 4. The number of piperidine rings is 1. The van der Waals surface area contributed by atoms with Gasteiger partial charge in [0.05, 0.1) is 12.2 Å². The van der Waals surface area contributed by atoms with Gasteiger partial charge in [0.1, 0.15) is 23.3 Å². The van der Waals surface area contributed by atoms with Crippen LogP contribution in [0.5, 0.6) is 5.75 Å². The fraction of sp³-hybridized carbons (Fsp3) is 0.316. The Morgan fingerprint density at radius 1 is 1.32 bits per heavy atom. The van der Waals surface area contributed by atoms with E-state index >= 15 is 0 Å². The molecule has 5 nitrogen and oxygen atoms in total. The Labute approximate surface area is 145 Å². The Morgan fingerprint density at radius 3 is 2.80 bits per heavy atom. The van der Waals surface area contributed by atoms with Gasteiger partial charge in [0, 0.05) is 25.2 Å². The van der Waals surface area contributed by atoms with Crippen LogP contribution in [0, 0.1) is 23.1 Å². The summed E-state index contributed by atoms with van der Waals surface area (Å²) in [6, 6.07) is 11.1. The highest BCUT2D eigenvalue weighted by molar-refractivity contribution is 5.94. The van der Waals surface area contributed by atoms with Crippen LogP contribution in [0.2, 0.25) is 0 Å².